The Hall–Kier alpha value is -4.42. The van der Waals surface area contributed by atoms with E-state index in [1.54, 1.807) is 71.9 Å². The summed E-state index contributed by atoms with van der Waals surface area (Å²) < 4.78 is 3.81. The molecule has 0 spiro atoms. The van der Waals surface area contributed by atoms with Gasteiger partial charge in [-0.1, -0.05) is 65.8 Å². The van der Waals surface area contributed by atoms with Crippen LogP contribution in [0.2, 0.25) is 0 Å². The molecule has 8 amide bonds. The number of aryl methyl sites for hydroxylation is 1. The first-order valence-electron chi connectivity index (χ1n) is 20.2. The van der Waals surface area contributed by atoms with E-state index in [1.165, 1.54) is 38.2 Å². The number of likely N-dealkylation sites (N-methyl/N-ethyl adjacent to an activating group) is 1. The summed E-state index contributed by atoms with van der Waals surface area (Å²) in [7, 11) is 0. The second-order valence-corrected chi connectivity index (χ2v) is 20.1. The Morgan fingerprint density at radius 3 is 1.79 bits per heavy atom. The maximum absolute atomic E-state index is 13.3. The van der Waals surface area contributed by atoms with Crippen molar-refractivity contribution in [2.24, 2.45) is 0 Å². The van der Waals surface area contributed by atoms with Crippen LogP contribution < -0.4 is 75.1 Å². The van der Waals surface area contributed by atoms with Crippen molar-refractivity contribution < 1.29 is 120 Å². The van der Waals surface area contributed by atoms with Crippen LogP contribution in [0.4, 0.5) is 4.79 Å². The number of carbonyl (C=O) groups is 9. The fraction of sp³-hybridized carbons (Fsp3) is 0.429. The number of amides is 8. The minimum Gasteiger partial charge on any atom is -1.00 e. The number of β-lactam (4-membered cyclic amide) rings is 2. The van der Waals surface area contributed by atoms with Crippen LogP contribution in [0.15, 0.2) is 65.2 Å². The first kappa shape index (κ1) is 52.5. The number of rotatable bonds is 10. The van der Waals surface area contributed by atoms with Crippen molar-refractivity contribution >= 4 is 76.9 Å². The van der Waals surface area contributed by atoms with E-state index in [-0.39, 0.29) is 86.5 Å². The number of piperazine rings is 1. The Morgan fingerprint density at radius 2 is 1.29 bits per heavy atom. The van der Waals surface area contributed by atoms with Gasteiger partial charge in [-0.05, 0) is 47.1 Å². The molecule has 7 atom stereocenters. The molecule has 66 heavy (non-hydrogen) atoms. The fourth-order valence-corrected chi connectivity index (χ4v) is 11.7. The van der Waals surface area contributed by atoms with Crippen molar-refractivity contribution in [2.45, 2.75) is 92.0 Å². The molecule has 0 unspecified atom stereocenters. The molecular formula is C42H48N8Na2O12S2. The van der Waals surface area contributed by atoms with Crippen molar-refractivity contribution in [3.63, 3.8) is 0 Å². The molecule has 5 aliphatic rings. The van der Waals surface area contributed by atoms with Crippen LogP contribution >= 0.6 is 23.5 Å². The van der Waals surface area contributed by atoms with Crippen LogP contribution in [0.3, 0.4) is 0 Å². The molecule has 0 bridgehead atoms. The SMILES string of the molecule is CCN1CCN(C(=O)N[C@@H](C(=O)N[C@@H]2C(=O)N3[C@@H]2SC(C)(C)[C@@H]3C(=O)O)c2ccccc2)C(=O)C1=O.Cc1onc(-c2ccccc2)c1C(=O)N[C@@H]1C(=O)N2[C@@H]1SC(C)(C)[C@@H]2C(=O)O.[H-].[H-].[Na+].[Na+]. The Bertz CT molecular complexity index is 2460. The molecule has 5 N–H and O–H groups in total. The molecule has 3 aromatic rings. The van der Waals surface area contributed by atoms with Gasteiger partial charge in [-0.15, -0.1) is 23.5 Å². The van der Waals surface area contributed by atoms with Gasteiger partial charge in [0.05, 0.1) is 0 Å². The van der Waals surface area contributed by atoms with E-state index in [2.05, 4.69) is 21.1 Å². The molecule has 0 radical (unpaired) electrons. The normalized spacial score (nSPS) is 24.7. The number of fused-ring (bicyclic) bond motifs is 2. The Labute approximate surface area is 434 Å². The van der Waals surface area contributed by atoms with Crippen LogP contribution in [0.5, 0.6) is 0 Å². The van der Waals surface area contributed by atoms with E-state index in [0.29, 0.717) is 23.6 Å². The number of carboxylic acid groups (broad SMARTS) is 2. The first-order valence-corrected chi connectivity index (χ1v) is 22.0. The average molecular weight is 967 g/mol. The van der Waals surface area contributed by atoms with Gasteiger partial charge in [-0.3, -0.25) is 33.7 Å². The third kappa shape index (κ3) is 9.65. The summed E-state index contributed by atoms with van der Waals surface area (Å²) in [6.07, 6.45) is 0. The molecule has 24 heteroatoms. The number of thioether (sulfide) groups is 2. The molecule has 0 aliphatic carbocycles. The number of aromatic nitrogens is 1. The summed E-state index contributed by atoms with van der Waals surface area (Å²) in [4.78, 5) is 117. The van der Waals surface area contributed by atoms with Gasteiger partial charge in [-0.2, -0.15) is 0 Å². The van der Waals surface area contributed by atoms with Gasteiger partial charge in [0.25, 0.3) is 5.91 Å². The molecule has 6 heterocycles. The zero-order valence-corrected chi connectivity index (χ0v) is 43.1. The number of benzene rings is 2. The second kappa shape index (κ2) is 20.4. The topological polar surface area (TPSA) is 269 Å². The molecule has 1 aromatic heterocycles. The van der Waals surface area contributed by atoms with E-state index < -0.39 is 98.0 Å². The van der Waals surface area contributed by atoms with E-state index in [9.17, 15) is 53.4 Å². The third-order valence-electron chi connectivity index (χ3n) is 11.7. The number of urea groups is 1. The summed E-state index contributed by atoms with van der Waals surface area (Å²) in [6, 6.07) is 11.6. The van der Waals surface area contributed by atoms with E-state index in [1.807, 2.05) is 30.3 Å². The molecule has 342 valence electrons. The molecule has 20 nitrogen and oxygen atoms in total. The Kier molecular flexibility index (Phi) is 16.3. The molecular weight excluding hydrogens is 919 g/mol. The Morgan fingerprint density at radius 1 is 0.788 bits per heavy atom. The second-order valence-electron chi connectivity index (χ2n) is 16.6. The summed E-state index contributed by atoms with van der Waals surface area (Å²) >= 11 is 2.66. The monoisotopic (exact) mass is 966 g/mol. The fourth-order valence-electron chi connectivity index (χ4n) is 8.49. The molecule has 2 aromatic carbocycles. The molecule has 8 rings (SSSR count). The molecule has 5 aliphatic heterocycles. The maximum atomic E-state index is 13.3. The number of carboxylic acids is 2. The van der Waals surface area contributed by atoms with Gasteiger partial charge in [0.1, 0.15) is 58.0 Å². The van der Waals surface area contributed by atoms with Gasteiger partial charge in [0.2, 0.25) is 17.7 Å². The molecule has 0 saturated carbocycles. The number of hydrogen-bond donors (Lipinski definition) is 5. The van der Waals surface area contributed by atoms with Crippen molar-refractivity contribution in [1.82, 2.24) is 40.7 Å². The predicted octanol–water partition coefficient (Wildman–Crippen LogP) is -4.11. The minimum absolute atomic E-state index is 0. The zero-order valence-electron chi connectivity index (χ0n) is 39.5. The standard InChI is InChI=1S/C23H27N5O7S.C19H19N3O5S.2Na.2H/c1-4-26-10-11-27(19(32)18(26)31)22(35)25-13(12-8-6-5-7-9-12)16(29)24-14-17(30)28-15(21(33)34)23(2,3)36-20(14)28;1-9-11(12(21-27-9)10-7-5-4-6-8-10)15(23)20-13-16(24)22-14(18(25)26)19(2,3)28-17(13)22;;;;/h5-9,13-15,20H,4,10-11H2,1-3H3,(H,24,29)(H,25,35)(H,33,34);4-8,13-14,17H,1-3H3,(H,20,23)(H,25,26);;;;/q;;2*+1;2*-1/t13-,14-,15+,20-;13-,14+,17-;;;;/m11..../s1. The zero-order chi connectivity index (χ0) is 46.6. The van der Waals surface area contributed by atoms with Gasteiger partial charge >= 0.3 is 88.9 Å². The van der Waals surface area contributed by atoms with Crippen molar-refractivity contribution in [3.05, 3.63) is 77.6 Å². The van der Waals surface area contributed by atoms with Gasteiger partial charge in [0.15, 0.2) is 0 Å². The minimum atomic E-state index is -1.26. The van der Waals surface area contributed by atoms with Crippen molar-refractivity contribution in [2.75, 3.05) is 19.6 Å². The van der Waals surface area contributed by atoms with Crippen LogP contribution in [0.25, 0.3) is 11.3 Å². The van der Waals surface area contributed by atoms with Gasteiger partial charge in [0, 0.05) is 34.7 Å². The first-order chi connectivity index (χ1) is 30.2. The Balaban J connectivity index is 0.000000349. The number of aliphatic carboxylic acids is 2. The average Bonchev–Trinajstić information content (AvgIpc) is 3.86. The number of nitrogens with one attached hydrogen (secondary N) is 3. The predicted molar refractivity (Wildman–Crippen MR) is 231 cm³/mol. The van der Waals surface area contributed by atoms with E-state index >= 15 is 0 Å². The number of imide groups is 1. The van der Waals surface area contributed by atoms with E-state index in [4.69, 9.17) is 4.52 Å². The summed E-state index contributed by atoms with van der Waals surface area (Å²) in [5.41, 5.74) is 1.81. The molecule has 5 saturated heterocycles. The molecule has 5 fully saturated rings. The largest absolute Gasteiger partial charge is 1.00 e. The van der Waals surface area contributed by atoms with Crippen molar-refractivity contribution in [1.29, 1.82) is 0 Å². The van der Waals surface area contributed by atoms with Crippen molar-refractivity contribution in [3.8, 4) is 11.3 Å². The smallest absolute Gasteiger partial charge is 1.00 e. The number of hydrogen-bond acceptors (Lipinski definition) is 13. The quantitative estimate of drug-likeness (QED) is 0.0735. The summed E-state index contributed by atoms with van der Waals surface area (Å²) in [5.74, 6) is -5.67. The van der Waals surface area contributed by atoms with Gasteiger partial charge in [-0.25, -0.2) is 14.4 Å². The number of carbonyl (C=O) groups excluding carboxylic acids is 7. The third-order valence-corrected chi connectivity index (χ3v) is 14.8. The number of nitrogens with zero attached hydrogens (tertiary/aromatic N) is 5. The van der Waals surface area contributed by atoms with E-state index in [0.717, 1.165) is 10.5 Å². The van der Waals surface area contributed by atoms with Gasteiger partial charge < -0.3 is 48.2 Å². The van der Waals surface area contributed by atoms with Crippen LogP contribution in [-0.2, 0) is 33.6 Å². The maximum Gasteiger partial charge on any atom is 1.00 e. The van der Waals surface area contributed by atoms with Crippen LogP contribution in [0, 0.1) is 6.92 Å². The summed E-state index contributed by atoms with van der Waals surface area (Å²) in [5, 5.41) is 30.0. The van der Waals surface area contributed by atoms with Crippen LogP contribution in [-0.4, -0.2) is 152 Å². The summed E-state index contributed by atoms with van der Waals surface area (Å²) in [6.45, 7) is 10.9. The van der Waals surface area contributed by atoms with Crippen LogP contribution in [0.1, 0.15) is 65.2 Å².